The number of aliphatic hydroxyl groups is 1. The molecule has 1 aromatic carbocycles. The fraction of sp³-hybridized carbons (Fsp3) is 0.625. The molecule has 0 spiro atoms. The number of hydrogen-bond donors (Lipinski definition) is 2. The molecule has 1 aliphatic carbocycles. The summed E-state index contributed by atoms with van der Waals surface area (Å²) in [6.45, 7) is 5.37. The number of rotatable bonds is 6. The normalized spacial score (nSPS) is 19.8. The van der Waals surface area contributed by atoms with Gasteiger partial charge in [-0.25, -0.2) is 0 Å². The van der Waals surface area contributed by atoms with E-state index in [9.17, 15) is 5.11 Å². The minimum Gasteiger partial charge on any atom is -0.491 e. The predicted molar refractivity (Wildman–Crippen MR) is 77.6 cm³/mol. The molecular weight excluding hydrogens is 238 g/mol. The summed E-state index contributed by atoms with van der Waals surface area (Å²) in [5, 5.41) is 12.9. The van der Waals surface area contributed by atoms with Crippen LogP contribution in [0.3, 0.4) is 0 Å². The minimum atomic E-state index is -0.421. The maximum absolute atomic E-state index is 9.26. The summed E-state index contributed by atoms with van der Waals surface area (Å²) in [5.41, 5.74) is 2.81. The van der Waals surface area contributed by atoms with Crippen LogP contribution in [0.4, 0.5) is 0 Å². The Hall–Kier alpha value is -1.06. The summed E-state index contributed by atoms with van der Waals surface area (Å²) < 4.78 is 5.58. The Bertz CT molecular complexity index is 404. The van der Waals surface area contributed by atoms with Crippen molar-refractivity contribution >= 4 is 0 Å². The summed E-state index contributed by atoms with van der Waals surface area (Å²) in [6, 6.07) is 6.83. The molecule has 3 heteroatoms. The number of ether oxygens (including phenoxy) is 1. The molecule has 0 heterocycles. The Morgan fingerprint density at radius 1 is 1.47 bits per heavy atom. The molecule has 0 saturated carbocycles. The molecule has 2 rings (SSSR count). The number of hydrogen-bond acceptors (Lipinski definition) is 3. The molecule has 2 unspecified atom stereocenters. The maximum atomic E-state index is 9.26. The van der Waals surface area contributed by atoms with E-state index in [1.54, 1.807) is 6.92 Å². The van der Waals surface area contributed by atoms with Gasteiger partial charge in [0.2, 0.25) is 0 Å². The van der Waals surface area contributed by atoms with Crippen molar-refractivity contribution < 1.29 is 9.84 Å². The van der Waals surface area contributed by atoms with Gasteiger partial charge in [-0.05, 0) is 62.4 Å². The van der Waals surface area contributed by atoms with Gasteiger partial charge in [-0.15, -0.1) is 0 Å². The van der Waals surface area contributed by atoms with Crippen LogP contribution in [0, 0.1) is 0 Å². The van der Waals surface area contributed by atoms with E-state index < -0.39 is 6.10 Å². The minimum absolute atomic E-state index is 0.357. The fourth-order valence-corrected chi connectivity index (χ4v) is 2.63. The molecule has 2 N–H and O–H groups in total. The molecule has 0 aromatic heterocycles. The summed E-state index contributed by atoms with van der Waals surface area (Å²) in [4.78, 5) is 0. The molecule has 3 nitrogen and oxygen atoms in total. The van der Waals surface area contributed by atoms with E-state index in [-0.39, 0.29) is 0 Å². The SMILES string of the molecule is CCCNC1CCCc2cc(OCC(C)O)ccc21. The molecule has 0 aliphatic heterocycles. The van der Waals surface area contributed by atoms with Crippen LogP contribution in [-0.4, -0.2) is 24.4 Å². The van der Waals surface area contributed by atoms with Gasteiger partial charge in [0.25, 0.3) is 0 Å². The van der Waals surface area contributed by atoms with Crippen molar-refractivity contribution in [3.05, 3.63) is 29.3 Å². The lowest BCUT2D eigenvalue weighted by molar-refractivity contribution is 0.122. The highest BCUT2D eigenvalue weighted by Gasteiger charge is 2.19. The molecule has 19 heavy (non-hydrogen) atoms. The van der Waals surface area contributed by atoms with E-state index in [2.05, 4.69) is 24.4 Å². The zero-order chi connectivity index (χ0) is 13.7. The van der Waals surface area contributed by atoms with Crippen LogP contribution in [0.15, 0.2) is 18.2 Å². The van der Waals surface area contributed by atoms with Gasteiger partial charge in [0, 0.05) is 6.04 Å². The third kappa shape index (κ3) is 3.95. The number of aryl methyl sites for hydroxylation is 1. The topological polar surface area (TPSA) is 41.5 Å². The molecule has 2 atom stereocenters. The first kappa shape index (κ1) is 14.4. The number of fused-ring (bicyclic) bond motifs is 1. The quantitative estimate of drug-likeness (QED) is 0.829. The highest BCUT2D eigenvalue weighted by Crippen LogP contribution is 2.32. The van der Waals surface area contributed by atoms with Crippen LogP contribution in [0.25, 0.3) is 0 Å². The lowest BCUT2D eigenvalue weighted by atomic mass is 9.87. The summed E-state index contributed by atoms with van der Waals surface area (Å²) in [5.74, 6) is 0.871. The Morgan fingerprint density at radius 2 is 2.32 bits per heavy atom. The monoisotopic (exact) mass is 263 g/mol. The molecule has 1 aromatic rings. The van der Waals surface area contributed by atoms with Crippen LogP contribution >= 0.6 is 0 Å². The fourth-order valence-electron chi connectivity index (χ4n) is 2.63. The second kappa shape index (κ2) is 6.92. The largest absolute Gasteiger partial charge is 0.491 e. The summed E-state index contributed by atoms with van der Waals surface area (Å²) >= 11 is 0. The van der Waals surface area contributed by atoms with E-state index in [4.69, 9.17) is 4.74 Å². The first-order chi connectivity index (χ1) is 9.20. The molecular formula is C16H25NO2. The maximum Gasteiger partial charge on any atom is 0.119 e. The van der Waals surface area contributed by atoms with Gasteiger partial charge in [-0.2, -0.15) is 0 Å². The number of benzene rings is 1. The second-order valence-corrected chi connectivity index (χ2v) is 5.42. The van der Waals surface area contributed by atoms with Crippen molar-refractivity contribution in [1.29, 1.82) is 0 Å². The van der Waals surface area contributed by atoms with Crippen molar-refractivity contribution in [2.24, 2.45) is 0 Å². The smallest absolute Gasteiger partial charge is 0.119 e. The predicted octanol–water partition coefficient (Wildman–Crippen LogP) is 2.82. The van der Waals surface area contributed by atoms with Crippen molar-refractivity contribution in [2.75, 3.05) is 13.2 Å². The standard InChI is InChI=1S/C16H25NO2/c1-3-9-17-16-6-4-5-13-10-14(7-8-15(13)16)19-11-12(2)18/h7-8,10,12,16-18H,3-6,9,11H2,1-2H3. The summed E-state index contributed by atoms with van der Waals surface area (Å²) in [6.07, 6.45) is 4.33. The number of aliphatic hydroxyl groups excluding tert-OH is 1. The molecule has 0 radical (unpaired) electrons. The number of nitrogens with one attached hydrogen (secondary N) is 1. The van der Waals surface area contributed by atoms with Gasteiger partial charge in [0.05, 0.1) is 6.10 Å². The molecule has 0 bridgehead atoms. The van der Waals surface area contributed by atoms with E-state index in [1.165, 1.54) is 30.4 Å². The van der Waals surface area contributed by atoms with Gasteiger partial charge in [0.1, 0.15) is 12.4 Å². The summed E-state index contributed by atoms with van der Waals surface area (Å²) in [7, 11) is 0. The van der Waals surface area contributed by atoms with Crippen LogP contribution in [0.2, 0.25) is 0 Å². The van der Waals surface area contributed by atoms with E-state index in [0.29, 0.717) is 12.6 Å². The molecule has 106 valence electrons. The average Bonchev–Trinajstić information content (AvgIpc) is 2.42. The second-order valence-electron chi connectivity index (χ2n) is 5.42. The molecule has 0 fully saturated rings. The van der Waals surface area contributed by atoms with E-state index >= 15 is 0 Å². The third-order valence-electron chi connectivity index (χ3n) is 3.56. The van der Waals surface area contributed by atoms with Crippen LogP contribution in [0.1, 0.15) is 50.3 Å². The van der Waals surface area contributed by atoms with Gasteiger partial charge < -0.3 is 15.2 Å². The molecule has 0 amide bonds. The Kier molecular flexibility index (Phi) is 5.23. The molecule has 1 aliphatic rings. The highest BCUT2D eigenvalue weighted by molar-refractivity contribution is 5.39. The zero-order valence-electron chi connectivity index (χ0n) is 12.0. The van der Waals surface area contributed by atoms with Crippen LogP contribution < -0.4 is 10.1 Å². The van der Waals surface area contributed by atoms with Gasteiger partial charge >= 0.3 is 0 Å². The van der Waals surface area contributed by atoms with Gasteiger partial charge in [0.15, 0.2) is 0 Å². The van der Waals surface area contributed by atoms with Gasteiger partial charge in [-0.1, -0.05) is 13.0 Å². The lowest BCUT2D eigenvalue weighted by Gasteiger charge is -2.27. The first-order valence-electron chi connectivity index (χ1n) is 7.37. The highest BCUT2D eigenvalue weighted by atomic mass is 16.5. The van der Waals surface area contributed by atoms with E-state index in [1.807, 2.05) is 6.07 Å². The first-order valence-corrected chi connectivity index (χ1v) is 7.37. The van der Waals surface area contributed by atoms with Crippen molar-refractivity contribution in [2.45, 2.75) is 51.7 Å². The van der Waals surface area contributed by atoms with Gasteiger partial charge in [-0.3, -0.25) is 0 Å². The average molecular weight is 263 g/mol. The Balaban J connectivity index is 2.07. The Morgan fingerprint density at radius 3 is 3.05 bits per heavy atom. The van der Waals surface area contributed by atoms with Crippen molar-refractivity contribution in [1.82, 2.24) is 5.32 Å². The third-order valence-corrected chi connectivity index (χ3v) is 3.56. The van der Waals surface area contributed by atoms with Crippen molar-refractivity contribution in [3.63, 3.8) is 0 Å². The molecule has 0 saturated heterocycles. The Labute approximate surface area is 116 Å². The lowest BCUT2D eigenvalue weighted by Crippen LogP contribution is -2.25. The van der Waals surface area contributed by atoms with E-state index in [0.717, 1.165) is 18.7 Å². The van der Waals surface area contributed by atoms with Crippen molar-refractivity contribution in [3.8, 4) is 5.75 Å². The van der Waals surface area contributed by atoms with Crippen LogP contribution in [-0.2, 0) is 6.42 Å². The van der Waals surface area contributed by atoms with Crippen LogP contribution in [0.5, 0.6) is 5.75 Å². The zero-order valence-corrected chi connectivity index (χ0v) is 12.0.